The first-order valence-corrected chi connectivity index (χ1v) is 5.63. The zero-order valence-corrected chi connectivity index (χ0v) is 9.29. The van der Waals surface area contributed by atoms with Gasteiger partial charge in [-0.25, -0.2) is 0 Å². The normalized spacial score (nSPS) is 27.0. The van der Waals surface area contributed by atoms with E-state index in [1.165, 1.54) is 25.9 Å². The summed E-state index contributed by atoms with van der Waals surface area (Å²) < 4.78 is 0. The van der Waals surface area contributed by atoms with E-state index in [-0.39, 0.29) is 0 Å². The number of hydrogen-bond acceptors (Lipinski definition) is 2. The molecule has 0 aromatic heterocycles. The highest BCUT2D eigenvalue weighted by Gasteiger charge is 2.28. The van der Waals surface area contributed by atoms with Gasteiger partial charge in [-0.3, -0.25) is 4.90 Å². The number of rotatable bonds is 4. The summed E-state index contributed by atoms with van der Waals surface area (Å²) in [5.41, 5.74) is 5.74. The highest BCUT2D eigenvalue weighted by atomic mass is 15.2. The molecule has 0 spiro atoms. The summed E-state index contributed by atoms with van der Waals surface area (Å²) in [6.45, 7) is 10.3. The lowest BCUT2D eigenvalue weighted by Gasteiger charge is -2.26. The topological polar surface area (TPSA) is 29.3 Å². The molecule has 0 aromatic rings. The second-order valence-corrected chi connectivity index (χ2v) is 4.59. The summed E-state index contributed by atoms with van der Waals surface area (Å²) in [6.07, 6.45) is 2.56. The summed E-state index contributed by atoms with van der Waals surface area (Å²) in [5.74, 6) is 1.74. The van der Waals surface area contributed by atoms with Gasteiger partial charge in [-0.1, -0.05) is 20.8 Å². The average molecular weight is 184 g/mol. The molecule has 1 saturated heterocycles. The van der Waals surface area contributed by atoms with E-state index in [0.29, 0.717) is 6.04 Å². The van der Waals surface area contributed by atoms with E-state index in [2.05, 4.69) is 25.7 Å². The first-order valence-electron chi connectivity index (χ1n) is 5.63. The van der Waals surface area contributed by atoms with Crippen LogP contribution in [-0.4, -0.2) is 30.6 Å². The number of nitrogens with zero attached hydrogens (tertiary/aromatic N) is 1. The monoisotopic (exact) mass is 184 g/mol. The second-order valence-electron chi connectivity index (χ2n) is 4.59. The van der Waals surface area contributed by atoms with Crippen LogP contribution in [0, 0.1) is 11.8 Å². The molecule has 0 bridgehead atoms. The minimum atomic E-state index is 0.628. The van der Waals surface area contributed by atoms with Crippen molar-refractivity contribution in [2.45, 2.75) is 39.7 Å². The number of hydrogen-bond donors (Lipinski definition) is 1. The van der Waals surface area contributed by atoms with Gasteiger partial charge in [0, 0.05) is 19.1 Å². The van der Waals surface area contributed by atoms with Crippen molar-refractivity contribution in [1.29, 1.82) is 0 Å². The molecule has 2 nitrogen and oxygen atoms in total. The van der Waals surface area contributed by atoms with Crippen molar-refractivity contribution in [2.24, 2.45) is 17.6 Å². The van der Waals surface area contributed by atoms with E-state index in [1.54, 1.807) is 0 Å². The van der Waals surface area contributed by atoms with Crippen LogP contribution in [-0.2, 0) is 0 Å². The minimum absolute atomic E-state index is 0.628. The van der Waals surface area contributed by atoms with Crippen LogP contribution in [0.5, 0.6) is 0 Å². The summed E-state index contributed by atoms with van der Waals surface area (Å²) >= 11 is 0. The summed E-state index contributed by atoms with van der Waals surface area (Å²) in [7, 11) is 0. The molecule has 0 radical (unpaired) electrons. The Morgan fingerprint density at radius 2 is 2.15 bits per heavy atom. The van der Waals surface area contributed by atoms with Crippen molar-refractivity contribution in [2.75, 3.05) is 19.6 Å². The molecule has 1 heterocycles. The molecule has 2 atom stereocenters. The van der Waals surface area contributed by atoms with Crippen molar-refractivity contribution in [3.8, 4) is 0 Å². The van der Waals surface area contributed by atoms with E-state index in [9.17, 15) is 0 Å². The Bertz CT molecular complexity index is 141. The minimum Gasteiger partial charge on any atom is -0.329 e. The zero-order chi connectivity index (χ0) is 9.84. The van der Waals surface area contributed by atoms with E-state index in [1.807, 2.05) is 0 Å². The van der Waals surface area contributed by atoms with Crippen LogP contribution in [0.25, 0.3) is 0 Å². The lowest BCUT2D eigenvalue weighted by atomic mass is 9.95. The van der Waals surface area contributed by atoms with Crippen LogP contribution in [0.3, 0.4) is 0 Å². The molecule has 2 unspecified atom stereocenters. The van der Waals surface area contributed by atoms with Gasteiger partial charge in [0.1, 0.15) is 0 Å². The molecule has 1 fully saturated rings. The van der Waals surface area contributed by atoms with Gasteiger partial charge < -0.3 is 5.73 Å². The van der Waals surface area contributed by atoms with E-state index in [4.69, 9.17) is 5.73 Å². The first-order chi connectivity index (χ1) is 6.19. The fraction of sp³-hybridized carbons (Fsp3) is 1.00. The van der Waals surface area contributed by atoms with Crippen LogP contribution < -0.4 is 5.73 Å². The molecular formula is C11H24N2. The predicted molar refractivity (Wildman–Crippen MR) is 57.7 cm³/mol. The molecule has 1 rings (SSSR count). The molecule has 78 valence electrons. The van der Waals surface area contributed by atoms with Gasteiger partial charge in [0.25, 0.3) is 0 Å². The van der Waals surface area contributed by atoms with Gasteiger partial charge in [0.15, 0.2) is 0 Å². The van der Waals surface area contributed by atoms with Crippen molar-refractivity contribution >= 4 is 0 Å². The third-order valence-electron chi connectivity index (χ3n) is 3.46. The predicted octanol–water partition coefficient (Wildman–Crippen LogP) is 1.70. The molecule has 2 heteroatoms. The van der Waals surface area contributed by atoms with Gasteiger partial charge in [-0.2, -0.15) is 0 Å². The van der Waals surface area contributed by atoms with Crippen LogP contribution in [0.1, 0.15) is 33.6 Å². The molecule has 1 aliphatic rings. The molecule has 0 aromatic carbocycles. The summed E-state index contributed by atoms with van der Waals surface area (Å²) in [5, 5.41) is 0. The Balaban J connectivity index is 2.39. The van der Waals surface area contributed by atoms with Gasteiger partial charge in [-0.15, -0.1) is 0 Å². The first kappa shape index (κ1) is 11.0. The fourth-order valence-electron chi connectivity index (χ4n) is 2.27. The van der Waals surface area contributed by atoms with Gasteiger partial charge in [0.2, 0.25) is 0 Å². The summed E-state index contributed by atoms with van der Waals surface area (Å²) in [4.78, 5) is 2.57. The van der Waals surface area contributed by atoms with Gasteiger partial charge in [-0.05, 0) is 31.2 Å². The largest absolute Gasteiger partial charge is 0.329 e. The van der Waals surface area contributed by atoms with Crippen molar-refractivity contribution in [3.05, 3.63) is 0 Å². The van der Waals surface area contributed by atoms with Crippen LogP contribution in [0.15, 0.2) is 0 Å². The molecule has 0 amide bonds. The second kappa shape index (κ2) is 4.97. The highest BCUT2D eigenvalue weighted by molar-refractivity contribution is 4.82. The van der Waals surface area contributed by atoms with Crippen LogP contribution in [0.2, 0.25) is 0 Å². The van der Waals surface area contributed by atoms with Crippen LogP contribution in [0.4, 0.5) is 0 Å². The lowest BCUT2D eigenvalue weighted by Crippen LogP contribution is -2.38. The van der Waals surface area contributed by atoms with E-state index in [0.717, 1.165) is 18.4 Å². The third-order valence-corrected chi connectivity index (χ3v) is 3.46. The van der Waals surface area contributed by atoms with E-state index < -0.39 is 0 Å². The number of nitrogens with two attached hydrogens (primary N) is 1. The Morgan fingerprint density at radius 1 is 1.46 bits per heavy atom. The van der Waals surface area contributed by atoms with Gasteiger partial charge in [0.05, 0.1) is 0 Å². The van der Waals surface area contributed by atoms with Crippen molar-refractivity contribution in [1.82, 2.24) is 4.90 Å². The molecular weight excluding hydrogens is 160 g/mol. The Morgan fingerprint density at radius 3 is 2.54 bits per heavy atom. The smallest absolute Gasteiger partial charge is 0.0215 e. The Kier molecular flexibility index (Phi) is 4.20. The average Bonchev–Trinajstić information content (AvgIpc) is 2.56. The highest BCUT2D eigenvalue weighted by Crippen LogP contribution is 2.25. The molecule has 13 heavy (non-hydrogen) atoms. The summed E-state index contributed by atoms with van der Waals surface area (Å²) in [6, 6.07) is 0.628. The Hall–Kier alpha value is -0.0800. The maximum absolute atomic E-state index is 5.74. The molecule has 0 aliphatic carbocycles. The van der Waals surface area contributed by atoms with Crippen molar-refractivity contribution < 1.29 is 0 Å². The fourth-order valence-corrected chi connectivity index (χ4v) is 2.27. The van der Waals surface area contributed by atoms with E-state index >= 15 is 0 Å². The maximum Gasteiger partial charge on any atom is 0.0215 e. The lowest BCUT2D eigenvalue weighted by molar-refractivity contribution is 0.224. The molecule has 2 N–H and O–H groups in total. The SMILES string of the molecule is CCC(CN)N1CCC(C(C)C)C1. The van der Waals surface area contributed by atoms with Crippen LogP contribution >= 0.6 is 0 Å². The zero-order valence-electron chi connectivity index (χ0n) is 9.29. The van der Waals surface area contributed by atoms with Gasteiger partial charge >= 0.3 is 0 Å². The Labute approximate surface area is 82.5 Å². The third kappa shape index (κ3) is 2.68. The number of likely N-dealkylation sites (tertiary alicyclic amines) is 1. The molecule has 1 aliphatic heterocycles. The standard InChI is InChI=1S/C11H24N2/c1-4-11(7-12)13-6-5-10(8-13)9(2)3/h9-11H,4-8,12H2,1-3H3. The quantitative estimate of drug-likeness (QED) is 0.720. The molecule has 0 saturated carbocycles. The van der Waals surface area contributed by atoms with Crippen molar-refractivity contribution in [3.63, 3.8) is 0 Å². The maximum atomic E-state index is 5.74.